The van der Waals surface area contributed by atoms with E-state index >= 15 is 0 Å². The third-order valence-corrected chi connectivity index (χ3v) is 4.37. The van der Waals surface area contributed by atoms with E-state index < -0.39 is 0 Å². The Morgan fingerprint density at radius 3 is 2.35 bits per heavy atom. The lowest BCUT2D eigenvalue weighted by molar-refractivity contribution is 0.792. The molecule has 3 rings (SSSR count). The largest absolute Gasteiger partial charge is 0.340 e. The molecule has 0 saturated heterocycles. The molecule has 4 nitrogen and oxygen atoms in total. The Balaban J connectivity index is 1.74. The van der Waals surface area contributed by atoms with Gasteiger partial charge in [-0.3, -0.25) is 0 Å². The fourth-order valence-electron chi connectivity index (χ4n) is 2.80. The number of nitrogens with zero attached hydrogens (tertiary/aromatic N) is 3. The number of benzene rings is 2. The Morgan fingerprint density at radius 1 is 0.962 bits per heavy atom. The van der Waals surface area contributed by atoms with Gasteiger partial charge in [0.1, 0.15) is 5.82 Å². The van der Waals surface area contributed by atoms with E-state index in [1.165, 1.54) is 11.1 Å². The van der Waals surface area contributed by atoms with Crippen molar-refractivity contribution in [2.75, 3.05) is 16.8 Å². The molecule has 1 aromatic heterocycles. The highest BCUT2D eigenvalue weighted by Crippen LogP contribution is 2.21. The van der Waals surface area contributed by atoms with Crippen LogP contribution in [0.5, 0.6) is 0 Å². The van der Waals surface area contributed by atoms with Crippen molar-refractivity contribution in [2.24, 2.45) is 0 Å². The molecule has 0 aliphatic carbocycles. The summed E-state index contributed by atoms with van der Waals surface area (Å²) in [5.74, 6) is 2.07. The van der Waals surface area contributed by atoms with Crippen LogP contribution in [0, 0.1) is 0 Å². The van der Waals surface area contributed by atoms with Crippen LogP contribution >= 0.6 is 0 Å². The van der Waals surface area contributed by atoms with Crippen molar-refractivity contribution in [3.8, 4) is 0 Å². The molecule has 0 aliphatic rings. The van der Waals surface area contributed by atoms with Gasteiger partial charge in [-0.2, -0.15) is 4.98 Å². The van der Waals surface area contributed by atoms with Gasteiger partial charge in [0.05, 0.1) is 0 Å². The number of hydrogen-bond donors (Lipinski definition) is 1. The highest BCUT2D eigenvalue weighted by molar-refractivity contribution is 5.57. The minimum atomic E-state index is 0.533. The van der Waals surface area contributed by atoms with Crippen molar-refractivity contribution in [1.29, 1.82) is 0 Å². The summed E-state index contributed by atoms with van der Waals surface area (Å²) in [6.07, 6.45) is 1.81. The van der Waals surface area contributed by atoms with Crippen LogP contribution < -0.4 is 10.2 Å². The number of nitrogens with one attached hydrogen (secondary N) is 1. The highest BCUT2D eigenvalue weighted by atomic mass is 15.3. The van der Waals surface area contributed by atoms with Crippen LogP contribution in [0.25, 0.3) is 0 Å². The summed E-state index contributed by atoms with van der Waals surface area (Å²) in [5.41, 5.74) is 3.62. The average Bonchev–Trinajstić information content (AvgIpc) is 2.67. The summed E-state index contributed by atoms with van der Waals surface area (Å²) in [6, 6.07) is 20.8. The van der Waals surface area contributed by atoms with E-state index in [1.807, 2.05) is 12.1 Å². The first-order valence-corrected chi connectivity index (χ1v) is 9.14. The van der Waals surface area contributed by atoms with Crippen LogP contribution in [0.3, 0.4) is 0 Å². The minimum Gasteiger partial charge on any atom is -0.340 e. The van der Waals surface area contributed by atoms with Crippen molar-refractivity contribution in [3.63, 3.8) is 0 Å². The monoisotopic (exact) mass is 346 g/mol. The predicted octanol–water partition coefficient (Wildman–Crippen LogP) is 5.37. The van der Waals surface area contributed by atoms with Crippen molar-refractivity contribution in [3.05, 3.63) is 78.0 Å². The molecule has 1 heterocycles. The Labute approximate surface area is 155 Å². The minimum absolute atomic E-state index is 0.533. The molecule has 0 radical (unpaired) electrons. The van der Waals surface area contributed by atoms with E-state index in [9.17, 15) is 0 Å². The first kappa shape index (κ1) is 17.9. The van der Waals surface area contributed by atoms with E-state index in [4.69, 9.17) is 4.98 Å². The summed E-state index contributed by atoms with van der Waals surface area (Å²) in [7, 11) is 0. The van der Waals surface area contributed by atoms with Gasteiger partial charge in [0.25, 0.3) is 0 Å². The molecule has 0 spiro atoms. The number of aromatic nitrogens is 2. The number of hydrogen-bond acceptors (Lipinski definition) is 4. The SMILES string of the molecule is CCN(Cc1ccccc1)c1nccc(Nc2ccc(C(C)C)cc2)n1. The molecule has 3 aromatic rings. The maximum Gasteiger partial charge on any atom is 0.227 e. The summed E-state index contributed by atoms with van der Waals surface area (Å²) in [6.45, 7) is 8.17. The summed E-state index contributed by atoms with van der Waals surface area (Å²) in [4.78, 5) is 11.3. The molecular weight excluding hydrogens is 320 g/mol. The molecular formula is C22H26N4. The molecule has 4 heteroatoms. The molecule has 0 atom stereocenters. The van der Waals surface area contributed by atoms with Crippen LogP contribution in [0.2, 0.25) is 0 Å². The summed E-state index contributed by atoms with van der Waals surface area (Å²) in [5, 5.41) is 3.38. The number of anilines is 3. The zero-order chi connectivity index (χ0) is 18.4. The van der Waals surface area contributed by atoms with Gasteiger partial charge in [0, 0.05) is 25.0 Å². The Morgan fingerprint density at radius 2 is 1.69 bits per heavy atom. The topological polar surface area (TPSA) is 41.1 Å². The van der Waals surface area contributed by atoms with E-state index in [1.54, 1.807) is 6.20 Å². The molecule has 2 aromatic carbocycles. The first-order valence-electron chi connectivity index (χ1n) is 9.14. The normalized spacial score (nSPS) is 10.8. The maximum absolute atomic E-state index is 4.70. The first-order chi connectivity index (χ1) is 12.7. The molecule has 0 unspecified atom stereocenters. The molecule has 0 saturated carbocycles. The molecule has 134 valence electrons. The summed E-state index contributed by atoms with van der Waals surface area (Å²) < 4.78 is 0. The van der Waals surface area contributed by atoms with Gasteiger partial charge in [-0.1, -0.05) is 56.3 Å². The molecule has 0 amide bonds. The van der Waals surface area contributed by atoms with E-state index in [0.717, 1.165) is 30.5 Å². The molecule has 0 fully saturated rings. The van der Waals surface area contributed by atoms with E-state index in [-0.39, 0.29) is 0 Å². The van der Waals surface area contributed by atoms with Crippen LogP contribution in [0.15, 0.2) is 66.9 Å². The van der Waals surface area contributed by atoms with Gasteiger partial charge in [0.15, 0.2) is 0 Å². The fourth-order valence-corrected chi connectivity index (χ4v) is 2.80. The lowest BCUT2D eigenvalue weighted by Crippen LogP contribution is -2.24. The molecule has 0 bridgehead atoms. The quantitative estimate of drug-likeness (QED) is 0.624. The van der Waals surface area contributed by atoms with Crippen LogP contribution in [-0.4, -0.2) is 16.5 Å². The second-order valence-electron chi connectivity index (χ2n) is 6.64. The van der Waals surface area contributed by atoms with Gasteiger partial charge < -0.3 is 10.2 Å². The van der Waals surface area contributed by atoms with Crippen molar-refractivity contribution in [1.82, 2.24) is 9.97 Å². The maximum atomic E-state index is 4.70. The summed E-state index contributed by atoms with van der Waals surface area (Å²) >= 11 is 0. The molecule has 1 N–H and O–H groups in total. The second-order valence-corrected chi connectivity index (χ2v) is 6.64. The highest BCUT2D eigenvalue weighted by Gasteiger charge is 2.09. The average molecular weight is 346 g/mol. The van der Waals surface area contributed by atoms with Gasteiger partial charge in [0.2, 0.25) is 5.95 Å². The smallest absolute Gasteiger partial charge is 0.227 e. The van der Waals surface area contributed by atoms with Crippen LogP contribution in [0.4, 0.5) is 17.5 Å². The van der Waals surface area contributed by atoms with Crippen molar-refractivity contribution >= 4 is 17.5 Å². The molecule has 26 heavy (non-hydrogen) atoms. The van der Waals surface area contributed by atoms with Crippen LogP contribution in [0.1, 0.15) is 37.8 Å². The lowest BCUT2D eigenvalue weighted by atomic mass is 10.0. The van der Waals surface area contributed by atoms with Crippen molar-refractivity contribution in [2.45, 2.75) is 33.2 Å². The third kappa shape index (κ3) is 4.60. The Hall–Kier alpha value is -2.88. The Bertz CT molecular complexity index is 813. The van der Waals surface area contributed by atoms with Crippen LogP contribution in [-0.2, 0) is 6.54 Å². The van der Waals surface area contributed by atoms with E-state index in [2.05, 4.69) is 84.5 Å². The van der Waals surface area contributed by atoms with Gasteiger partial charge in [-0.05, 0) is 42.2 Å². The second kappa shape index (κ2) is 8.48. The van der Waals surface area contributed by atoms with Gasteiger partial charge >= 0.3 is 0 Å². The third-order valence-electron chi connectivity index (χ3n) is 4.37. The van der Waals surface area contributed by atoms with Crippen molar-refractivity contribution < 1.29 is 0 Å². The van der Waals surface area contributed by atoms with Gasteiger partial charge in [-0.15, -0.1) is 0 Å². The standard InChI is InChI=1S/C22H26N4/c1-4-26(16-18-8-6-5-7-9-18)22-23-15-14-21(25-22)24-20-12-10-19(11-13-20)17(2)3/h5-15,17H,4,16H2,1-3H3,(H,23,24,25). The van der Waals surface area contributed by atoms with Gasteiger partial charge in [-0.25, -0.2) is 4.98 Å². The predicted molar refractivity (Wildman–Crippen MR) is 109 cm³/mol. The zero-order valence-corrected chi connectivity index (χ0v) is 15.7. The zero-order valence-electron chi connectivity index (χ0n) is 15.7. The van der Waals surface area contributed by atoms with E-state index in [0.29, 0.717) is 5.92 Å². The Kier molecular flexibility index (Phi) is 5.84. The molecule has 0 aliphatic heterocycles. The lowest BCUT2D eigenvalue weighted by Gasteiger charge is -2.21. The number of rotatable bonds is 7. The fraction of sp³-hybridized carbons (Fsp3) is 0.273.